The molecule has 3 rings (SSSR count). The second kappa shape index (κ2) is 5.50. The molecule has 1 aromatic heterocycles. The third-order valence-electron chi connectivity index (χ3n) is 4.85. The number of rotatable bonds is 1. The Kier molecular flexibility index (Phi) is 3.85. The van der Waals surface area contributed by atoms with Gasteiger partial charge in [-0.15, -0.1) is 0 Å². The van der Waals surface area contributed by atoms with E-state index in [1.165, 1.54) is 4.90 Å². The first-order valence-electron chi connectivity index (χ1n) is 8.00. The Morgan fingerprint density at radius 3 is 2.38 bits per heavy atom. The van der Waals surface area contributed by atoms with E-state index in [4.69, 9.17) is 0 Å². The van der Waals surface area contributed by atoms with E-state index >= 15 is 0 Å². The average molecular weight is 337 g/mol. The van der Waals surface area contributed by atoms with Crippen LogP contribution in [0.2, 0.25) is 0 Å². The Morgan fingerprint density at radius 1 is 1.21 bits per heavy atom. The van der Waals surface area contributed by atoms with Crippen molar-refractivity contribution in [1.29, 1.82) is 0 Å². The van der Waals surface area contributed by atoms with Gasteiger partial charge in [-0.25, -0.2) is 8.78 Å². The van der Waals surface area contributed by atoms with Crippen molar-refractivity contribution in [3.05, 3.63) is 29.1 Å². The first-order chi connectivity index (χ1) is 11.1. The Hall–Kier alpha value is -2.05. The highest BCUT2D eigenvalue weighted by Gasteiger charge is 2.57. The fourth-order valence-corrected chi connectivity index (χ4v) is 3.90. The molecular formula is C17H21F2N3O2. The molecule has 7 heteroatoms. The highest BCUT2D eigenvalue weighted by atomic mass is 19.3. The summed E-state index contributed by atoms with van der Waals surface area (Å²) in [5.74, 6) is -3.82. The van der Waals surface area contributed by atoms with Gasteiger partial charge in [0.1, 0.15) is 0 Å². The summed E-state index contributed by atoms with van der Waals surface area (Å²) in [6, 6.07) is 3.19. The molecule has 2 fully saturated rings. The second-order valence-electron chi connectivity index (χ2n) is 7.09. The highest BCUT2D eigenvalue weighted by Crippen LogP contribution is 2.45. The van der Waals surface area contributed by atoms with E-state index in [0.717, 1.165) is 4.90 Å². The molecule has 2 saturated heterocycles. The number of hydrogen-bond donors (Lipinski definition) is 0. The van der Waals surface area contributed by atoms with Crippen LogP contribution in [0.5, 0.6) is 0 Å². The van der Waals surface area contributed by atoms with Gasteiger partial charge in [-0.05, 0) is 32.4 Å². The number of alkyl halides is 2. The zero-order valence-electron chi connectivity index (χ0n) is 14.1. The van der Waals surface area contributed by atoms with Crippen molar-refractivity contribution in [3.63, 3.8) is 0 Å². The predicted molar refractivity (Wildman–Crippen MR) is 83.9 cm³/mol. The summed E-state index contributed by atoms with van der Waals surface area (Å²) < 4.78 is 28.6. The molecular weight excluding hydrogens is 316 g/mol. The molecule has 0 aliphatic carbocycles. The monoisotopic (exact) mass is 337 g/mol. The molecule has 24 heavy (non-hydrogen) atoms. The maximum absolute atomic E-state index is 14.3. The minimum Gasteiger partial charge on any atom is -0.345 e. The number of aryl methyl sites for hydroxylation is 2. The number of halogens is 2. The van der Waals surface area contributed by atoms with Crippen LogP contribution in [0.4, 0.5) is 8.78 Å². The lowest BCUT2D eigenvalue weighted by Gasteiger charge is -2.42. The number of carbonyl (C=O) groups excluding carboxylic acids is 2. The summed E-state index contributed by atoms with van der Waals surface area (Å²) in [7, 11) is 1.62. The van der Waals surface area contributed by atoms with E-state index in [1.807, 2.05) is 0 Å². The van der Waals surface area contributed by atoms with E-state index in [1.54, 1.807) is 33.0 Å². The Morgan fingerprint density at radius 2 is 1.83 bits per heavy atom. The molecule has 0 aromatic carbocycles. The van der Waals surface area contributed by atoms with E-state index in [-0.39, 0.29) is 12.5 Å². The van der Waals surface area contributed by atoms with E-state index < -0.39 is 30.2 Å². The number of piperidine rings is 1. The lowest BCUT2D eigenvalue weighted by molar-refractivity contribution is -0.150. The van der Waals surface area contributed by atoms with E-state index in [2.05, 4.69) is 4.98 Å². The molecule has 0 N–H and O–H groups in total. The van der Waals surface area contributed by atoms with Crippen LogP contribution in [0, 0.1) is 19.3 Å². The molecule has 2 aliphatic heterocycles. The summed E-state index contributed by atoms with van der Waals surface area (Å²) in [6.07, 6.45) is -0.128. The number of likely N-dealkylation sites (tertiary alicyclic amines) is 2. The van der Waals surface area contributed by atoms with E-state index in [9.17, 15) is 18.4 Å². The van der Waals surface area contributed by atoms with Crippen molar-refractivity contribution in [2.45, 2.75) is 32.6 Å². The van der Waals surface area contributed by atoms with Gasteiger partial charge >= 0.3 is 0 Å². The SMILES string of the molecule is Cc1cc(C(=O)N2CC(F)(F)CC3(CCN(C)C3=O)C2)cc(C)n1. The van der Waals surface area contributed by atoms with Gasteiger partial charge in [-0.1, -0.05) is 0 Å². The maximum Gasteiger partial charge on any atom is 0.266 e. The van der Waals surface area contributed by atoms with Crippen molar-refractivity contribution in [2.75, 3.05) is 26.7 Å². The Labute approximate surface area is 139 Å². The third-order valence-corrected chi connectivity index (χ3v) is 4.85. The molecule has 5 nitrogen and oxygen atoms in total. The number of nitrogens with zero attached hydrogens (tertiary/aromatic N) is 3. The smallest absolute Gasteiger partial charge is 0.266 e. The van der Waals surface area contributed by atoms with Crippen LogP contribution in [-0.2, 0) is 4.79 Å². The van der Waals surface area contributed by atoms with Gasteiger partial charge in [-0.3, -0.25) is 14.6 Å². The standard InChI is InChI=1S/C17H21F2N3O2/c1-11-6-13(7-12(2)20-11)14(23)22-9-16(8-17(18,19)10-22)4-5-21(3)15(16)24/h6-7H,4-5,8-10H2,1-3H3. The lowest BCUT2D eigenvalue weighted by Crippen LogP contribution is -2.57. The number of pyridine rings is 1. The van der Waals surface area contributed by atoms with Gasteiger partial charge < -0.3 is 9.80 Å². The van der Waals surface area contributed by atoms with Crippen LogP contribution in [0.3, 0.4) is 0 Å². The molecule has 0 bridgehead atoms. The van der Waals surface area contributed by atoms with Gasteiger partial charge in [0.25, 0.3) is 11.8 Å². The lowest BCUT2D eigenvalue weighted by atomic mass is 9.76. The molecule has 1 spiro atoms. The van der Waals surface area contributed by atoms with Crippen molar-refractivity contribution < 1.29 is 18.4 Å². The van der Waals surface area contributed by atoms with Crippen LogP contribution in [-0.4, -0.2) is 59.2 Å². The van der Waals surface area contributed by atoms with Gasteiger partial charge in [0.05, 0.1) is 12.0 Å². The van der Waals surface area contributed by atoms with Crippen LogP contribution < -0.4 is 0 Å². The van der Waals surface area contributed by atoms with Crippen LogP contribution in [0.15, 0.2) is 12.1 Å². The molecule has 2 amide bonds. The van der Waals surface area contributed by atoms with E-state index in [0.29, 0.717) is 29.9 Å². The molecule has 0 radical (unpaired) electrons. The molecule has 3 heterocycles. The molecule has 130 valence electrons. The first-order valence-corrected chi connectivity index (χ1v) is 8.00. The summed E-state index contributed by atoms with van der Waals surface area (Å²) >= 11 is 0. The molecule has 0 saturated carbocycles. The molecule has 1 aromatic rings. The van der Waals surface area contributed by atoms with Crippen molar-refractivity contribution >= 4 is 11.8 Å². The number of carbonyl (C=O) groups is 2. The van der Waals surface area contributed by atoms with Crippen LogP contribution in [0.25, 0.3) is 0 Å². The zero-order valence-corrected chi connectivity index (χ0v) is 14.1. The average Bonchev–Trinajstić information content (AvgIpc) is 2.72. The normalized spacial score (nSPS) is 26.3. The van der Waals surface area contributed by atoms with Crippen molar-refractivity contribution in [3.8, 4) is 0 Å². The molecule has 2 aliphatic rings. The topological polar surface area (TPSA) is 53.5 Å². The van der Waals surface area contributed by atoms with Crippen LogP contribution >= 0.6 is 0 Å². The maximum atomic E-state index is 14.3. The Bertz CT molecular complexity index is 687. The largest absolute Gasteiger partial charge is 0.345 e. The summed E-state index contributed by atoms with van der Waals surface area (Å²) in [6.45, 7) is 3.36. The van der Waals surface area contributed by atoms with Gasteiger partial charge in [-0.2, -0.15) is 0 Å². The van der Waals surface area contributed by atoms with Gasteiger partial charge in [0.15, 0.2) is 0 Å². The summed E-state index contributed by atoms with van der Waals surface area (Å²) in [4.78, 5) is 32.0. The minimum absolute atomic E-state index is 0.0466. The highest BCUT2D eigenvalue weighted by molar-refractivity contribution is 5.95. The quantitative estimate of drug-likeness (QED) is 0.788. The second-order valence-corrected chi connectivity index (χ2v) is 7.09. The van der Waals surface area contributed by atoms with Gasteiger partial charge in [0, 0.05) is 43.5 Å². The number of amides is 2. The minimum atomic E-state index is -3.06. The number of hydrogen-bond acceptors (Lipinski definition) is 3. The van der Waals surface area contributed by atoms with Crippen molar-refractivity contribution in [1.82, 2.24) is 14.8 Å². The van der Waals surface area contributed by atoms with Crippen LogP contribution in [0.1, 0.15) is 34.6 Å². The summed E-state index contributed by atoms with van der Waals surface area (Å²) in [5, 5.41) is 0. The number of aromatic nitrogens is 1. The predicted octanol–water partition coefficient (Wildman–Crippen LogP) is 2.03. The molecule has 1 unspecified atom stereocenters. The fraction of sp³-hybridized carbons (Fsp3) is 0.588. The third kappa shape index (κ3) is 2.87. The summed E-state index contributed by atoms with van der Waals surface area (Å²) in [5.41, 5.74) is 0.497. The Balaban J connectivity index is 1.92. The molecule has 1 atom stereocenters. The fourth-order valence-electron chi connectivity index (χ4n) is 3.90. The first kappa shape index (κ1) is 16.8. The zero-order chi connectivity index (χ0) is 17.7. The van der Waals surface area contributed by atoms with Crippen molar-refractivity contribution in [2.24, 2.45) is 5.41 Å². The van der Waals surface area contributed by atoms with Gasteiger partial charge in [0.2, 0.25) is 5.91 Å².